The Balaban J connectivity index is 1.85. The Morgan fingerprint density at radius 3 is 2.55 bits per heavy atom. The highest BCUT2D eigenvalue weighted by molar-refractivity contribution is 6.14. The summed E-state index contributed by atoms with van der Waals surface area (Å²) in [7, 11) is 0. The van der Waals surface area contributed by atoms with Gasteiger partial charge < -0.3 is 9.88 Å². The second kappa shape index (κ2) is 7.28. The molecule has 0 atom stereocenters. The predicted molar refractivity (Wildman–Crippen MR) is 111 cm³/mol. The number of benzene rings is 2. The van der Waals surface area contributed by atoms with E-state index in [-0.39, 0.29) is 11.6 Å². The van der Waals surface area contributed by atoms with Gasteiger partial charge in [-0.2, -0.15) is 5.26 Å². The first-order valence-electron chi connectivity index (χ1n) is 9.45. The summed E-state index contributed by atoms with van der Waals surface area (Å²) in [5, 5.41) is 13.1. The van der Waals surface area contributed by atoms with E-state index in [0.717, 1.165) is 27.7 Å². The first-order chi connectivity index (χ1) is 14.0. The van der Waals surface area contributed by atoms with Crippen molar-refractivity contribution in [2.24, 2.45) is 0 Å². The van der Waals surface area contributed by atoms with Gasteiger partial charge in [-0.05, 0) is 37.6 Å². The van der Waals surface area contributed by atoms with Crippen molar-refractivity contribution in [2.75, 3.05) is 6.54 Å². The molecule has 0 bridgehead atoms. The second-order valence-corrected chi connectivity index (χ2v) is 6.91. The zero-order chi connectivity index (χ0) is 20.5. The molecule has 0 radical (unpaired) electrons. The molecule has 1 aliphatic heterocycles. The van der Waals surface area contributed by atoms with E-state index in [1.54, 1.807) is 13.0 Å². The number of imide groups is 1. The van der Waals surface area contributed by atoms with Crippen molar-refractivity contribution in [3.05, 3.63) is 76.6 Å². The maximum Gasteiger partial charge on any atom is 0.328 e. The fraction of sp³-hybridized carbons (Fsp3) is 0.174. The van der Waals surface area contributed by atoms with Crippen molar-refractivity contribution < 1.29 is 9.59 Å². The van der Waals surface area contributed by atoms with Crippen LogP contribution in [0.3, 0.4) is 0 Å². The molecule has 1 N–H and O–H groups in total. The number of likely N-dealkylation sites (N-methyl/N-ethyl adjacent to an activating group) is 1. The third-order valence-corrected chi connectivity index (χ3v) is 5.31. The smallest absolute Gasteiger partial charge is 0.328 e. The summed E-state index contributed by atoms with van der Waals surface area (Å²) in [5.41, 5.74) is 4.70. The van der Waals surface area contributed by atoms with Crippen LogP contribution in [-0.2, 0) is 11.3 Å². The molecule has 1 aromatic heterocycles. The summed E-state index contributed by atoms with van der Waals surface area (Å²) < 4.78 is 2.14. The number of nitriles is 1. The topological polar surface area (TPSA) is 78.1 Å². The average molecular weight is 384 g/mol. The highest BCUT2D eigenvalue weighted by atomic mass is 16.2. The van der Waals surface area contributed by atoms with E-state index in [9.17, 15) is 14.9 Å². The van der Waals surface area contributed by atoms with Gasteiger partial charge in [0.2, 0.25) is 0 Å². The Morgan fingerprint density at radius 1 is 1.10 bits per heavy atom. The summed E-state index contributed by atoms with van der Waals surface area (Å²) in [6.07, 6.45) is 1.75. The summed E-state index contributed by atoms with van der Waals surface area (Å²) in [4.78, 5) is 25.7. The molecular weight excluding hydrogens is 364 g/mol. The van der Waals surface area contributed by atoms with E-state index in [0.29, 0.717) is 18.7 Å². The van der Waals surface area contributed by atoms with Gasteiger partial charge >= 0.3 is 6.03 Å². The molecule has 2 aromatic carbocycles. The van der Waals surface area contributed by atoms with E-state index in [1.165, 1.54) is 4.90 Å². The molecule has 1 aliphatic rings. The van der Waals surface area contributed by atoms with Crippen molar-refractivity contribution in [1.82, 2.24) is 14.8 Å². The lowest BCUT2D eigenvalue weighted by Crippen LogP contribution is -2.30. The first-order valence-corrected chi connectivity index (χ1v) is 9.45. The zero-order valence-corrected chi connectivity index (χ0v) is 16.3. The SMILES string of the molecule is CCN1C(=O)N/C(=C/c2c(C)n(Cc3ccccc3C#N)c3ccccc23)C1=O. The zero-order valence-electron chi connectivity index (χ0n) is 16.3. The van der Waals surface area contributed by atoms with Crippen LogP contribution >= 0.6 is 0 Å². The molecule has 29 heavy (non-hydrogen) atoms. The van der Waals surface area contributed by atoms with Crippen LogP contribution in [-0.4, -0.2) is 28.0 Å². The number of fused-ring (bicyclic) bond motifs is 1. The van der Waals surface area contributed by atoms with Crippen LogP contribution < -0.4 is 5.32 Å². The van der Waals surface area contributed by atoms with Crippen molar-refractivity contribution in [3.63, 3.8) is 0 Å². The number of hydrogen-bond donors (Lipinski definition) is 1. The monoisotopic (exact) mass is 384 g/mol. The Morgan fingerprint density at radius 2 is 1.83 bits per heavy atom. The molecule has 3 aromatic rings. The number of aromatic nitrogens is 1. The lowest BCUT2D eigenvalue weighted by atomic mass is 10.1. The molecule has 0 spiro atoms. The molecule has 0 saturated carbocycles. The number of nitrogens with zero attached hydrogens (tertiary/aromatic N) is 3. The van der Waals surface area contributed by atoms with Gasteiger partial charge in [-0.25, -0.2) is 4.79 Å². The minimum absolute atomic E-state index is 0.278. The van der Waals surface area contributed by atoms with E-state index < -0.39 is 6.03 Å². The van der Waals surface area contributed by atoms with Gasteiger partial charge in [-0.15, -0.1) is 0 Å². The van der Waals surface area contributed by atoms with Crippen LogP contribution in [0.1, 0.15) is 29.3 Å². The number of carbonyl (C=O) groups is 2. The van der Waals surface area contributed by atoms with Crippen LogP contribution in [0.5, 0.6) is 0 Å². The lowest BCUT2D eigenvalue weighted by Gasteiger charge is -2.10. The van der Waals surface area contributed by atoms with Crippen LogP contribution in [0, 0.1) is 18.3 Å². The minimum Gasteiger partial charge on any atom is -0.340 e. The van der Waals surface area contributed by atoms with Gasteiger partial charge in [0.1, 0.15) is 5.70 Å². The highest BCUT2D eigenvalue weighted by Crippen LogP contribution is 2.29. The fourth-order valence-corrected chi connectivity index (χ4v) is 3.78. The standard InChI is InChI=1S/C23H20N4O2/c1-3-26-22(28)20(25-23(26)29)12-19-15(2)27(21-11-7-6-10-18(19)21)14-17-9-5-4-8-16(17)13-24/h4-12H,3,14H2,1-2H3,(H,25,29)/b20-12+. The Labute approximate surface area is 168 Å². The van der Waals surface area contributed by atoms with Gasteiger partial charge in [0.25, 0.3) is 5.91 Å². The molecule has 4 rings (SSSR count). The van der Waals surface area contributed by atoms with Crippen molar-refractivity contribution in [1.29, 1.82) is 5.26 Å². The summed E-state index contributed by atoms with van der Waals surface area (Å²) in [6, 6.07) is 17.3. The van der Waals surface area contributed by atoms with Crippen LogP contribution in [0.25, 0.3) is 17.0 Å². The third-order valence-electron chi connectivity index (χ3n) is 5.31. The Bertz CT molecular complexity index is 1210. The lowest BCUT2D eigenvalue weighted by molar-refractivity contribution is -0.122. The highest BCUT2D eigenvalue weighted by Gasteiger charge is 2.32. The molecular formula is C23H20N4O2. The normalized spacial score (nSPS) is 15.2. The van der Waals surface area contributed by atoms with Crippen molar-refractivity contribution >= 4 is 28.9 Å². The molecule has 0 aliphatic carbocycles. The second-order valence-electron chi connectivity index (χ2n) is 6.91. The van der Waals surface area contributed by atoms with Crippen LogP contribution in [0.4, 0.5) is 4.79 Å². The number of rotatable bonds is 4. The Kier molecular flexibility index (Phi) is 4.65. The molecule has 6 nitrogen and oxygen atoms in total. The van der Waals surface area contributed by atoms with Gasteiger partial charge in [-0.1, -0.05) is 36.4 Å². The first kappa shape index (κ1) is 18.5. The number of nitrogens with one attached hydrogen (secondary N) is 1. The molecule has 2 heterocycles. The third kappa shape index (κ3) is 3.07. The number of carbonyl (C=O) groups excluding carboxylic acids is 2. The van der Waals surface area contributed by atoms with Gasteiger partial charge in [0.15, 0.2) is 0 Å². The molecule has 1 fully saturated rings. The molecule has 1 saturated heterocycles. The quantitative estimate of drug-likeness (QED) is 0.549. The molecule has 144 valence electrons. The maximum atomic E-state index is 12.5. The van der Waals surface area contributed by atoms with Gasteiger partial charge in [0.05, 0.1) is 11.6 Å². The van der Waals surface area contributed by atoms with Crippen molar-refractivity contribution in [3.8, 4) is 6.07 Å². The van der Waals surface area contributed by atoms with E-state index >= 15 is 0 Å². The predicted octanol–water partition coefficient (Wildman–Crippen LogP) is 3.78. The van der Waals surface area contributed by atoms with Crippen molar-refractivity contribution in [2.45, 2.75) is 20.4 Å². The van der Waals surface area contributed by atoms with E-state index in [4.69, 9.17) is 0 Å². The minimum atomic E-state index is -0.395. The van der Waals surface area contributed by atoms with Crippen LogP contribution in [0.15, 0.2) is 54.2 Å². The number of urea groups is 1. The number of hydrogen-bond acceptors (Lipinski definition) is 3. The van der Waals surface area contributed by atoms with E-state index in [2.05, 4.69) is 16.0 Å². The molecule has 6 heteroatoms. The van der Waals surface area contributed by atoms with E-state index in [1.807, 2.05) is 55.5 Å². The van der Waals surface area contributed by atoms with Gasteiger partial charge in [-0.3, -0.25) is 9.69 Å². The largest absolute Gasteiger partial charge is 0.340 e. The number of amides is 3. The summed E-state index contributed by atoms with van der Waals surface area (Å²) >= 11 is 0. The fourth-order valence-electron chi connectivity index (χ4n) is 3.78. The Hall–Kier alpha value is -3.85. The summed E-state index contributed by atoms with van der Waals surface area (Å²) in [6.45, 7) is 4.62. The number of para-hydroxylation sites is 1. The average Bonchev–Trinajstić information content (AvgIpc) is 3.16. The maximum absolute atomic E-state index is 12.5. The molecule has 3 amide bonds. The van der Waals surface area contributed by atoms with Crippen LogP contribution in [0.2, 0.25) is 0 Å². The van der Waals surface area contributed by atoms with Gasteiger partial charge in [0, 0.05) is 35.2 Å². The molecule has 0 unspecified atom stereocenters. The summed E-state index contributed by atoms with van der Waals surface area (Å²) in [5.74, 6) is -0.316.